The Hall–Kier alpha value is -3.29. The van der Waals surface area contributed by atoms with Crippen LogP contribution < -0.4 is 15.7 Å². The van der Waals surface area contributed by atoms with Gasteiger partial charge in [0, 0.05) is 17.5 Å². The van der Waals surface area contributed by atoms with Crippen molar-refractivity contribution in [3.63, 3.8) is 0 Å². The number of fused-ring (bicyclic) bond motifs is 1. The van der Waals surface area contributed by atoms with Crippen LogP contribution in [0.5, 0.6) is 5.75 Å². The number of amides is 1. The molecule has 2 aromatic carbocycles. The number of anilines is 1. The van der Waals surface area contributed by atoms with Crippen molar-refractivity contribution in [1.82, 2.24) is 0 Å². The van der Waals surface area contributed by atoms with E-state index in [1.807, 2.05) is 6.92 Å². The summed E-state index contributed by atoms with van der Waals surface area (Å²) in [4.78, 5) is 23.4. The van der Waals surface area contributed by atoms with Crippen molar-refractivity contribution in [2.75, 3.05) is 11.9 Å². The molecule has 0 radical (unpaired) electrons. The van der Waals surface area contributed by atoms with Crippen LogP contribution in [0.4, 0.5) is 18.9 Å². The summed E-state index contributed by atoms with van der Waals surface area (Å²) >= 11 is 0. The van der Waals surface area contributed by atoms with Crippen LogP contribution in [0.15, 0.2) is 45.6 Å². The van der Waals surface area contributed by atoms with Crippen molar-refractivity contribution in [3.05, 3.63) is 69.8 Å². The number of hydrogen-bond donors (Lipinski definition) is 1. The Morgan fingerprint density at radius 1 is 1.11 bits per heavy atom. The molecule has 8 heteroatoms. The molecule has 1 N–H and O–H groups in total. The van der Waals surface area contributed by atoms with Crippen molar-refractivity contribution in [3.8, 4) is 5.75 Å². The molecule has 0 atom stereocenters. The summed E-state index contributed by atoms with van der Waals surface area (Å²) in [5.74, 6) is -5.05. The predicted octanol–water partition coefficient (Wildman–Crippen LogP) is 3.79. The lowest BCUT2D eigenvalue weighted by Crippen LogP contribution is -2.21. The van der Waals surface area contributed by atoms with Crippen LogP contribution in [-0.2, 0) is 11.2 Å². The fourth-order valence-electron chi connectivity index (χ4n) is 2.55. The molecule has 0 aliphatic carbocycles. The normalized spacial score (nSPS) is 10.8. The van der Waals surface area contributed by atoms with E-state index in [1.165, 1.54) is 12.1 Å². The Morgan fingerprint density at radius 2 is 1.89 bits per heavy atom. The molecule has 3 aromatic rings. The molecule has 1 amide bonds. The summed E-state index contributed by atoms with van der Waals surface area (Å²) < 4.78 is 50.0. The first-order valence-electron chi connectivity index (χ1n) is 8.02. The van der Waals surface area contributed by atoms with E-state index in [2.05, 4.69) is 5.32 Å². The number of halogens is 3. The van der Waals surface area contributed by atoms with Gasteiger partial charge in [0.2, 0.25) is 0 Å². The minimum absolute atomic E-state index is 0.250. The van der Waals surface area contributed by atoms with Gasteiger partial charge < -0.3 is 14.5 Å². The predicted molar refractivity (Wildman–Crippen MR) is 92.3 cm³/mol. The molecule has 0 bridgehead atoms. The Labute approximate surface area is 151 Å². The minimum atomic E-state index is -1.68. The molecule has 0 spiro atoms. The van der Waals surface area contributed by atoms with E-state index < -0.39 is 41.3 Å². The van der Waals surface area contributed by atoms with Gasteiger partial charge in [0.05, 0.1) is 5.69 Å². The monoisotopic (exact) mass is 377 g/mol. The number of carbonyl (C=O) groups excluding carboxylic acids is 1. The maximum absolute atomic E-state index is 13.6. The number of nitrogens with one attached hydrogen (secondary N) is 1. The molecule has 0 fully saturated rings. The van der Waals surface area contributed by atoms with Crippen molar-refractivity contribution in [1.29, 1.82) is 0 Å². The van der Waals surface area contributed by atoms with E-state index in [4.69, 9.17) is 9.15 Å². The highest BCUT2D eigenvalue weighted by Crippen LogP contribution is 2.23. The van der Waals surface area contributed by atoms with Crippen LogP contribution in [0.2, 0.25) is 0 Å². The highest BCUT2D eigenvalue weighted by Gasteiger charge is 2.15. The second-order valence-corrected chi connectivity index (χ2v) is 5.66. The Bertz CT molecular complexity index is 1080. The largest absolute Gasteiger partial charge is 0.484 e. The number of benzene rings is 2. The molecular weight excluding hydrogens is 363 g/mol. The van der Waals surface area contributed by atoms with E-state index in [0.29, 0.717) is 18.1 Å². The molecule has 0 saturated heterocycles. The molecule has 140 valence electrons. The maximum atomic E-state index is 13.6. The first-order valence-corrected chi connectivity index (χ1v) is 8.02. The van der Waals surface area contributed by atoms with Gasteiger partial charge in [-0.2, -0.15) is 0 Å². The molecule has 1 aromatic heterocycles. The van der Waals surface area contributed by atoms with Gasteiger partial charge in [-0.25, -0.2) is 18.0 Å². The van der Waals surface area contributed by atoms with Gasteiger partial charge in [0.25, 0.3) is 5.91 Å². The second-order valence-electron chi connectivity index (χ2n) is 5.66. The fraction of sp³-hybridized carbons (Fsp3) is 0.158. The van der Waals surface area contributed by atoms with Crippen LogP contribution in [-0.4, -0.2) is 12.5 Å². The molecule has 3 rings (SSSR count). The Balaban J connectivity index is 1.72. The van der Waals surface area contributed by atoms with Crippen LogP contribution >= 0.6 is 0 Å². The Morgan fingerprint density at radius 3 is 2.63 bits per heavy atom. The van der Waals surface area contributed by atoms with Gasteiger partial charge in [0.1, 0.15) is 11.3 Å². The van der Waals surface area contributed by atoms with Gasteiger partial charge in [-0.05, 0) is 36.2 Å². The maximum Gasteiger partial charge on any atom is 0.336 e. The van der Waals surface area contributed by atoms with Gasteiger partial charge >= 0.3 is 5.63 Å². The van der Waals surface area contributed by atoms with Gasteiger partial charge in [-0.15, -0.1) is 0 Å². The average Bonchev–Trinajstić information content (AvgIpc) is 2.65. The smallest absolute Gasteiger partial charge is 0.336 e. The van der Waals surface area contributed by atoms with Gasteiger partial charge in [0.15, 0.2) is 24.1 Å². The lowest BCUT2D eigenvalue weighted by molar-refractivity contribution is -0.118. The molecule has 1 heterocycles. The summed E-state index contributed by atoms with van der Waals surface area (Å²) in [6.45, 7) is 1.39. The molecule has 0 saturated carbocycles. The van der Waals surface area contributed by atoms with E-state index in [0.717, 1.165) is 17.0 Å². The minimum Gasteiger partial charge on any atom is -0.484 e. The van der Waals surface area contributed by atoms with Gasteiger partial charge in [-0.1, -0.05) is 6.92 Å². The summed E-state index contributed by atoms with van der Waals surface area (Å²) in [6, 6.07) is 7.76. The van der Waals surface area contributed by atoms with Crippen molar-refractivity contribution in [2.45, 2.75) is 13.3 Å². The third-order valence-corrected chi connectivity index (χ3v) is 3.86. The van der Waals surface area contributed by atoms with Crippen molar-refractivity contribution < 1.29 is 27.1 Å². The number of carbonyl (C=O) groups is 1. The SMILES string of the molecule is CCc1cc(=O)oc2cc(OCC(=O)Nc3ccc(F)c(F)c3F)ccc12. The van der Waals surface area contributed by atoms with Crippen LogP contribution in [0.25, 0.3) is 11.0 Å². The van der Waals surface area contributed by atoms with E-state index >= 15 is 0 Å². The summed E-state index contributed by atoms with van der Waals surface area (Å²) in [5.41, 5.74) is 0.130. The van der Waals surface area contributed by atoms with Crippen LogP contribution in [0.1, 0.15) is 12.5 Å². The fourth-order valence-corrected chi connectivity index (χ4v) is 2.55. The zero-order chi connectivity index (χ0) is 19.6. The van der Waals surface area contributed by atoms with E-state index in [-0.39, 0.29) is 5.75 Å². The highest BCUT2D eigenvalue weighted by molar-refractivity contribution is 5.92. The number of aryl methyl sites for hydroxylation is 1. The first-order chi connectivity index (χ1) is 12.9. The van der Waals surface area contributed by atoms with E-state index in [9.17, 15) is 22.8 Å². The van der Waals surface area contributed by atoms with Crippen molar-refractivity contribution >= 4 is 22.6 Å². The summed E-state index contributed by atoms with van der Waals surface area (Å²) in [6.07, 6.45) is 0.643. The zero-order valence-corrected chi connectivity index (χ0v) is 14.1. The van der Waals surface area contributed by atoms with E-state index in [1.54, 1.807) is 12.1 Å². The standard InChI is InChI=1S/C19H14F3NO4/c1-2-10-7-17(25)27-15-8-11(3-4-12(10)15)26-9-16(24)23-14-6-5-13(20)18(21)19(14)22/h3-8H,2,9H2,1H3,(H,23,24). The number of rotatable bonds is 5. The molecule has 27 heavy (non-hydrogen) atoms. The third-order valence-electron chi connectivity index (χ3n) is 3.86. The number of hydrogen-bond acceptors (Lipinski definition) is 4. The lowest BCUT2D eigenvalue weighted by Gasteiger charge is -2.10. The molecular formula is C19H14F3NO4. The quantitative estimate of drug-likeness (QED) is 0.543. The average molecular weight is 377 g/mol. The molecule has 0 unspecified atom stereocenters. The van der Waals surface area contributed by atoms with Crippen molar-refractivity contribution in [2.24, 2.45) is 0 Å². The topological polar surface area (TPSA) is 68.5 Å². The summed E-state index contributed by atoms with van der Waals surface area (Å²) in [5, 5.41) is 2.84. The van der Waals surface area contributed by atoms with Gasteiger partial charge in [-0.3, -0.25) is 4.79 Å². The lowest BCUT2D eigenvalue weighted by atomic mass is 10.1. The Kier molecular flexibility index (Phi) is 5.16. The zero-order valence-electron chi connectivity index (χ0n) is 14.1. The highest BCUT2D eigenvalue weighted by atomic mass is 19.2. The number of ether oxygens (including phenoxy) is 1. The molecule has 5 nitrogen and oxygen atoms in total. The second kappa shape index (κ2) is 7.53. The molecule has 0 aliphatic rings. The first kappa shape index (κ1) is 18.5. The molecule has 0 aliphatic heterocycles. The van der Waals surface area contributed by atoms with Crippen LogP contribution in [0.3, 0.4) is 0 Å². The summed E-state index contributed by atoms with van der Waals surface area (Å²) in [7, 11) is 0. The van der Waals surface area contributed by atoms with Crippen LogP contribution in [0, 0.1) is 17.5 Å². The third kappa shape index (κ3) is 3.94.